The molecule has 1 amide bonds. The maximum Gasteiger partial charge on any atom is 0.230 e. The molecule has 170 valence electrons. The van der Waals surface area contributed by atoms with Gasteiger partial charge in [-0.15, -0.1) is 21.5 Å². The Morgan fingerprint density at radius 2 is 1.79 bits per heavy atom. The Balaban J connectivity index is 1.31. The quantitative estimate of drug-likeness (QED) is 0.252. The number of benzene rings is 2. The second-order valence-corrected chi connectivity index (χ2v) is 9.55. The highest BCUT2D eigenvalue weighted by atomic mass is 32.2. The Labute approximate surface area is 202 Å². The third kappa shape index (κ3) is 6.46. The number of carbonyl (C=O) groups excluding carboxylic acids is 1. The van der Waals surface area contributed by atoms with Crippen LogP contribution in [0.1, 0.15) is 17.1 Å². The van der Waals surface area contributed by atoms with Crippen LogP contribution in [-0.2, 0) is 11.2 Å². The van der Waals surface area contributed by atoms with Crippen LogP contribution >= 0.6 is 23.1 Å². The predicted octanol–water partition coefficient (Wildman–Crippen LogP) is 4.65. The molecule has 0 unspecified atom stereocenters. The molecule has 0 radical (unpaired) electrons. The van der Waals surface area contributed by atoms with Crippen LogP contribution in [0.2, 0.25) is 0 Å². The van der Waals surface area contributed by atoms with Crippen molar-refractivity contribution in [3.8, 4) is 5.69 Å². The van der Waals surface area contributed by atoms with Crippen LogP contribution in [0.4, 0.5) is 5.69 Å². The first-order valence-electron chi connectivity index (χ1n) is 10.9. The van der Waals surface area contributed by atoms with Crippen LogP contribution in [-0.4, -0.2) is 46.6 Å². The van der Waals surface area contributed by atoms with E-state index in [1.165, 1.54) is 22.3 Å². The van der Waals surface area contributed by atoms with Crippen molar-refractivity contribution in [1.29, 1.82) is 0 Å². The fourth-order valence-corrected chi connectivity index (χ4v) is 4.95. The first-order chi connectivity index (χ1) is 16.2. The number of nitrogens with one attached hydrogen (secondary N) is 1. The van der Waals surface area contributed by atoms with Crippen LogP contribution < -0.4 is 10.2 Å². The monoisotopic (exact) mass is 477 g/mol. The lowest BCUT2D eigenvalue weighted by molar-refractivity contribution is -0.118. The lowest BCUT2D eigenvalue weighted by Gasteiger charge is -2.19. The Hall–Kier alpha value is -3.10. The minimum Gasteiger partial charge on any atom is -0.375 e. The fourth-order valence-electron chi connectivity index (χ4n) is 3.45. The number of amides is 1. The van der Waals surface area contributed by atoms with Gasteiger partial charge in [0.15, 0.2) is 5.16 Å². The maximum atomic E-state index is 12.4. The molecule has 0 bridgehead atoms. The molecule has 2 heterocycles. The number of nitrogens with zero attached hydrogens (tertiary/aromatic N) is 4. The van der Waals surface area contributed by atoms with E-state index in [0.717, 1.165) is 29.6 Å². The summed E-state index contributed by atoms with van der Waals surface area (Å²) in [5.74, 6) is 1.18. The van der Waals surface area contributed by atoms with Gasteiger partial charge in [0.25, 0.3) is 0 Å². The van der Waals surface area contributed by atoms with E-state index in [-0.39, 0.29) is 5.91 Å². The first-order valence-corrected chi connectivity index (χ1v) is 12.7. The van der Waals surface area contributed by atoms with Gasteiger partial charge in [-0.05, 0) is 42.1 Å². The average Bonchev–Trinajstić information content (AvgIpc) is 3.51. The number of rotatable bonds is 11. The summed E-state index contributed by atoms with van der Waals surface area (Å²) < 4.78 is 2.05. The van der Waals surface area contributed by atoms with E-state index in [1.54, 1.807) is 11.3 Å². The van der Waals surface area contributed by atoms with Gasteiger partial charge >= 0.3 is 0 Å². The molecule has 0 aliphatic heterocycles. The van der Waals surface area contributed by atoms with E-state index in [2.05, 4.69) is 51.0 Å². The van der Waals surface area contributed by atoms with Gasteiger partial charge in [-0.3, -0.25) is 9.36 Å². The Morgan fingerprint density at radius 3 is 2.52 bits per heavy atom. The van der Waals surface area contributed by atoms with E-state index >= 15 is 0 Å². The molecule has 0 atom stereocenters. The number of para-hydroxylation sites is 2. The van der Waals surface area contributed by atoms with Gasteiger partial charge in [-0.2, -0.15) is 0 Å². The summed E-state index contributed by atoms with van der Waals surface area (Å²) in [4.78, 5) is 15.9. The summed E-state index contributed by atoms with van der Waals surface area (Å²) in [5, 5.41) is 14.6. The van der Waals surface area contributed by atoms with E-state index in [0.29, 0.717) is 18.7 Å². The standard InChI is InChI=1S/C25H27N5OS2/c1-29(20-10-4-2-5-11-20)16-9-15-26-24(31)19-33-25-28-27-23(18-22-14-8-17-32-22)30(25)21-12-6-3-7-13-21/h2-8,10-14,17H,9,15-16,18-19H2,1H3,(H,26,31). The first kappa shape index (κ1) is 23.1. The summed E-state index contributed by atoms with van der Waals surface area (Å²) >= 11 is 3.12. The molecule has 0 saturated carbocycles. The third-order valence-corrected chi connectivity index (χ3v) is 6.95. The topological polar surface area (TPSA) is 63.1 Å². The molecule has 0 spiro atoms. The van der Waals surface area contributed by atoms with E-state index in [1.807, 2.05) is 59.2 Å². The van der Waals surface area contributed by atoms with Crippen molar-refractivity contribution in [1.82, 2.24) is 20.1 Å². The Morgan fingerprint density at radius 1 is 1.03 bits per heavy atom. The summed E-state index contributed by atoms with van der Waals surface area (Å²) in [6.07, 6.45) is 1.59. The zero-order valence-electron chi connectivity index (χ0n) is 18.6. The average molecular weight is 478 g/mol. The molecule has 8 heteroatoms. The minimum absolute atomic E-state index is 0.00443. The van der Waals surface area contributed by atoms with Crippen molar-refractivity contribution < 1.29 is 4.79 Å². The molecule has 0 fully saturated rings. The molecule has 0 aliphatic carbocycles. The molecule has 0 aliphatic rings. The van der Waals surface area contributed by atoms with Crippen molar-refractivity contribution in [2.75, 3.05) is 30.8 Å². The number of hydrogen-bond donors (Lipinski definition) is 1. The van der Waals surface area contributed by atoms with Crippen molar-refractivity contribution in [2.24, 2.45) is 0 Å². The van der Waals surface area contributed by atoms with Gasteiger partial charge in [-0.1, -0.05) is 54.2 Å². The molecule has 4 rings (SSSR count). The fraction of sp³-hybridized carbons (Fsp3) is 0.240. The van der Waals surface area contributed by atoms with Gasteiger partial charge in [0.05, 0.1) is 5.75 Å². The molecular formula is C25H27N5OS2. The second kappa shape index (κ2) is 11.7. The number of thioether (sulfide) groups is 1. The van der Waals surface area contributed by atoms with Crippen LogP contribution in [0.15, 0.2) is 83.3 Å². The lowest BCUT2D eigenvalue weighted by atomic mass is 10.3. The van der Waals surface area contributed by atoms with Crippen LogP contribution in [0.25, 0.3) is 5.69 Å². The molecule has 2 aromatic heterocycles. The molecule has 6 nitrogen and oxygen atoms in total. The second-order valence-electron chi connectivity index (χ2n) is 7.58. The van der Waals surface area contributed by atoms with E-state index < -0.39 is 0 Å². The normalized spacial score (nSPS) is 10.8. The maximum absolute atomic E-state index is 12.4. The summed E-state index contributed by atoms with van der Waals surface area (Å²) in [6, 6.07) is 24.5. The van der Waals surface area contributed by atoms with Gasteiger partial charge in [0.2, 0.25) is 5.91 Å². The highest BCUT2D eigenvalue weighted by Crippen LogP contribution is 2.24. The Kier molecular flexibility index (Phi) is 8.16. The predicted molar refractivity (Wildman–Crippen MR) is 137 cm³/mol. The van der Waals surface area contributed by atoms with Gasteiger partial charge in [-0.25, -0.2) is 0 Å². The number of hydrogen-bond acceptors (Lipinski definition) is 6. The number of aromatic nitrogens is 3. The van der Waals surface area contributed by atoms with Crippen molar-refractivity contribution in [3.63, 3.8) is 0 Å². The van der Waals surface area contributed by atoms with Crippen molar-refractivity contribution in [2.45, 2.75) is 18.0 Å². The zero-order chi connectivity index (χ0) is 22.9. The lowest BCUT2D eigenvalue weighted by Crippen LogP contribution is -2.29. The van der Waals surface area contributed by atoms with Crippen molar-refractivity contribution >= 4 is 34.7 Å². The summed E-state index contributed by atoms with van der Waals surface area (Å²) in [5.41, 5.74) is 2.18. The molecule has 0 saturated heterocycles. The van der Waals surface area contributed by atoms with Crippen LogP contribution in [0.3, 0.4) is 0 Å². The number of thiophene rings is 1. The Bertz CT molecular complexity index is 1130. The zero-order valence-corrected chi connectivity index (χ0v) is 20.2. The molecule has 4 aromatic rings. The third-order valence-electron chi connectivity index (χ3n) is 5.15. The highest BCUT2D eigenvalue weighted by Gasteiger charge is 2.16. The van der Waals surface area contributed by atoms with Gasteiger partial charge < -0.3 is 10.2 Å². The van der Waals surface area contributed by atoms with Crippen LogP contribution in [0.5, 0.6) is 0 Å². The summed E-state index contributed by atoms with van der Waals surface area (Å²) in [6.45, 7) is 1.53. The molecule has 33 heavy (non-hydrogen) atoms. The SMILES string of the molecule is CN(CCCNC(=O)CSc1nnc(Cc2cccs2)n1-c1ccccc1)c1ccccc1. The van der Waals surface area contributed by atoms with Crippen LogP contribution in [0, 0.1) is 0 Å². The largest absolute Gasteiger partial charge is 0.375 e. The minimum atomic E-state index is 0.00443. The molecule has 1 N–H and O–H groups in total. The van der Waals surface area contributed by atoms with E-state index in [9.17, 15) is 4.79 Å². The summed E-state index contributed by atoms with van der Waals surface area (Å²) in [7, 11) is 2.07. The van der Waals surface area contributed by atoms with Crippen molar-refractivity contribution in [3.05, 3.63) is 88.9 Å². The number of anilines is 1. The van der Waals surface area contributed by atoms with Gasteiger partial charge in [0.1, 0.15) is 5.82 Å². The van der Waals surface area contributed by atoms with E-state index in [4.69, 9.17) is 0 Å². The highest BCUT2D eigenvalue weighted by molar-refractivity contribution is 7.99. The molecule has 2 aromatic carbocycles. The number of carbonyl (C=O) groups is 1. The van der Waals surface area contributed by atoms with Gasteiger partial charge in [0, 0.05) is 42.8 Å². The molecular weight excluding hydrogens is 450 g/mol. The smallest absolute Gasteiger partial charge is 0.230 e.